The van der Waals surface area contributed by atoms with Crippen LogP contribution >= 0.6 is 11.6 Å². The molecule has 6 heteroatoms. The van der Waals surface area contributed by atoms with Gasteiger partial charge in [-0.3, -0.25) is 4.79 Å². The molecule has 0 radical (unpaired) electrons. The number of hydrogen-bond acceptors (Lipinski definition) is 4. The first-order valence-electron chi connectivity index (χ1n) is 5.30. The lowest BCUT2D eigenvalue weighted by atomic mass is 10.2. The molecule has 1 amide bonds. The minimum Gasteiger partial charge on any atom is -0.305 e. The largest absolute Gasteiger partial charge is 0.305 e. The average Bonchev–Trinajstić information content (AvgIpc) is 2.35. The van der Waals surface area contributed by atoms with Crippen molar-refractivity contribution in [3.05, 3.63) is 46.4 Å². The number of amides is 1. The molecule has 92 valence electrons. The van der Waals surface area contributed by atoms with E-state index in [4.69, 9.17) is 11.6 Å². The Kier molecular flexibility index (Phi) is 3.53. The number of nitrogens with one attached hydrogen (secondary N) is 1. The van der Waals surface area contributed by atoms with E-state index >= 15 is 0 Å². The fourth-order valence-electron chi connectivity index (χ4n) is 1.43. The predicted molar refractivity (Wildman–Crippen MR) is 68.7 cm³/mol. The number of aryl methyl sites for hydroxylation is 2. The summed E-state index contributed by atoms with van der Waals surface area (Å²) in [6.45, 7) is 3.50. The van der Waals surface area contributed by atoms with E-state index in [1.807, 2.05) is 0 Å². The van der Waals surface area contributed by atoms with Crippen molar-refractivity contribution < 1.29 is 4.79 Å². The van der Waals surface area contributed by atoms with Gasteiger partial charge in [0.25, 0.3) is 5.91 Å². The van der Waals surface area contributed by atoms with Gasteiger partial charge < -0.3 is 5.32 Å². The quantitative estimate of drug-likeness (QED) is 0.902. The van der Waals surface area contributed by atoms with Gasteiger partial charge in [-0.1, -0.05) is 11.6 Å². The van der Waals surface area contributed by atoms with Crippen molar-refractivity contribution >= 4 is 23.3 Å². The van der Waals surface area contributed by atoms with Crippen LogP contribution in [-0.2, 0) is 0 Å². The highest BCUT2D eigenvalue weighted by Crippen LogP contribution is 2.18. The van der Waals surface area contributed by atoms with E-state index in [1.54, 1.807) is 38.2 Å². The van der Waals surface area contributed by atoms with E-state index in [0.29, 0.717) is 27.8 Å². The molecule has 0 aliphatic heterocycles. The second-order valence-electron chi connectivity index (χ2n) is 3.77. The molecule has 1 N–H and O–H groups in total. The molecule has 2 aromatic rings. The molecule has 0 atom stereocenters. The van der Waals surface area contributed by atoms with Crippen LogP contribution in [0.3, 0.4) is 0 Å². The van der Waals surface area contributed by atoms with E-state index < -0.39 is 0 Å². The van der Waals surface area contributed by atoms with Gasteiger partial charge in [-0.25, -0.2) is 4.98 Å². The summed E-state index contributed by atoms with van der Waals surface area (Å²) in [7, 11) is 0. The Morgan fingerprint density at radius 2 is 2.11 bits per heavy atom. The summed E-state index contributed by atoms with van der Waals surface area (Å²) in [6, 6.07) is 5.03. The first-order valence-corrected chi connectivity index (χ1v) is 5.68. The third kappa shape index (κ3) is 2.62. The second kappa shape index (κ2) is 5.10. The highest BCUT2D eigenvalue weighted by Gasteiger charge is 2.13. The summed E-state index contributed by atoms with van der Waals surface area (Å²) in [5.41, 5.74) is 1.70. The standard InChI is InChI=1S/C12H11ClN4O/c1-7-6-9(8(2)17-16-7)12(18)15-11-10(13)4-3-5-14-11/h3-6H,1-2H3,(H,14,15,18). The van der Waals surface area contributed by atoms with Gasteiger partial charge in [0, 0.05) is 6.20 Å². The molecule has 0 fully saturated rings. The van der Waals surface area contributed by atoms with Gasteiger partial charge >= 0.3 is 0 Å². The van der Waals surface area contributed by atoms with E-state index in [-0.39, 0.29) is 5.91 Å². The topological polar surface area (TPSA) is 67.8 Å². The minimum absolute atomic E-state index is 0.300. The van der Waals surface area contributed by atoms with Crippen molar-refractivity contribution in [1.82, 2.24) is 15.2 Å². The van der Waals surface area contributed by atoms with Crippen LogP contribution in [0.1, 0.15) is 21.7 Å². The van der Waals surface area contributed by atoms with Crippen molar-refractivity contribution in [2.24, 2.45) is 0 Å². The van der Waals surface area contributed by atoms with Crippen LogP contribution in [0.25, 0.3) is 0 Å². The molecule has 0 bridgehead atoms. The molecule has 0 saturated heterocycles. The first-order chi connectivity index (χ1) is 8.58. The minimum atomic E-state index is -0.300. The first kappa shape index (κ1) is 12.4. The molecule has 0 aliphatic carbocycles. The van der Waals surface area contributed by atoms with Crippen LogP contribution < -0.4 is 5.32 Å². The molecular weight excluding hydrogens is 252 g/mol. The Morgan fingerprint density at radius 1 is 1.33 bits per heavy atom. The zero-order chi connectivity index (χ0) is 13.1. The fourth-order valence-corrected chi connectivity index (χ4v) is 1.60. The Bertz CT molecular complexity index is 600. The molecule has 0 unspecified atom stereocenters. The van der Waals surface area contributed by atoms with Crippen molar-refractivity contribution in [3.63, 3.8) is 0 Å². The van der Waals surface area contributed by atoms with Crippen LogP contribution in [0.4, 0.5) is 5.82 Å². The van der Waals surface area contributed by atoms with Crippen molar-refractivity contribution in [1.29, 1.82) is 0 Å². The van der Waals surface area contributed by atoms with Crippen LogP contribution in [0.5, 0.6) is 0 Å². The fraction of sp³-hybridized carbons (Fsp3) is 0.167. The molecular formula is C12H11ClN4O. The van der Waals surface area contributed by atoms with Crippen molar-refractivity contribution in [2.75, 3.05) is 5.32 Å². The maximum Gasteiger partial charge on any atom is 0.258 e. The molecule has 0 aromatic carbocycles. The smallest absolute Gasteiger partial charge is 0.258 e. The Balaban J connectivity index is 2.28. The Labute approximate surface area is 109 Å². The lowest BCUT2D eigenvalue weighted by Crippen LogP contribution is -2.16. The molecule has 0 spiro atoms. The number of halogens is 1. The maximum atomic E-state index is 12.1. The van der Waals surface area contributed by atoms with Gasteiger partial charge in [-0.2, -0.15) is 10.2 Å². The Morgan fingerprint density at radius 3 is 2.83 bits per heavy atom. The van der Waals surface area contributed by atoms with Gasteiger partial charge in [-0.15, -0.1) is 0 Å². The predicted octanol–water partition coefficient (Wildman–Crippen LogP) is 2.39. The van der Waals surface area contributed by atoms with Crippen LogP contribution in [0, 0.1) is 13.8 Å². The van der Waals surface area contributed by atoms with Crippen LogP contribution in [0.2, 0.25) is 5.02 Å². The number of carbonyl (C=O) groups excluding carboxylic acids is 1. The normalized spacial score (nSPS) is 10.2. The summed E-state index contributed by atoms with van der Waals surface area (Å²) in [5, 5.41) is 10.8. The molecule has 0 aliphatic rings. The van der Waals surface area contributed by atoms with Crippen LogP contribution in [0.15, 0.2) is 24.4 Å². The van der Waals surface area contributed by atoms with Gasteiger partial charge in [0.05, 0.1) is 22.0 Å². The monoisotopic (exact) mass is 262 g/mol. The summed E-state index contributed by atoms with van der Waals surface area (Å²) in [6.07, 6.45) is 1.56. The molecule has 18 heavy (non-hydrogen) atoms. The van der Waals surface area contributed by atoms with E-state index in [9.17, 15) is 4.79 Å². The van der Waals surface area contributed by atoms with Gasteiger partial charge in [-0.05, 0) is 32.0 Å². The van der Waals surface area contributed by atoms with Crippen molar-refractivity contribution in [3.8, 4) is 0 Å². The van der Waals surface area contributed by atoms with Gasteiger partial charge in [0.15, 0.2) is 5.82 Å². The third-order valence-corrected chi connectivity index (χ3v) is 2.64. The van der Waals surface area contributed by atoms with E-state index in [0.717, 1.165) is 0 Å². The molecule has 2 heterocycles. The number of anilines is 1. The van der Waals surface area contributed by atoms with Gasteiger partial charge in [0.2, 0.25) is 0 Å². The van der Waals surface area contributed by atoms with E-state index in [2.05, 4.69) is 20.5 Å². The summed E-state index contributed by atoms with van der Waals surface area (Å²) < 4.78 is 0. The molecule has 2 rings (SSSR count). The SMILES string of the molecule is Cc1cc(C(=O)Nc2ncccc2Cl)c(C)nn1. The van der Waals surface area contributed by atoms with E-state index in [1.165, 1.54) is 0 Å². The molecule has 2 aromatic heterocycles. The van der Waals surface area contributed by atoms with Crippen molar-refractivity contribution in [2.45, 2.75) is 13.8 Å². The number of nitrogens with zero attached hydrogens (tertiary/aromatic N) is 3. The Hall–Kier alpha value is -2.01. The lowest BCUT2D eigenvalue weighted by molar-refractivity contribution is 0.102. The lowest BCUT2D eigenvalue weighted by Gasteiger charge is -2.07. The second-order valence-corrected chi connectivity index (χ2v) is 4.18. The summed E-state index contributed by atoms with van der Waals surface area (Å²) >= 11 is 5.92. The zero-order valence-electron chi connectivity index (χ0n) is 9.94. The zero-order valence-corrected chi connectivity index (χ0v) is 10.7. The highest BCUT2D eigenvalue weighted by atomic mass is 35.5. The number of rotatable bonds is 2. The highest BCUT2D eigenvalue weighted by molar-refractivity contribution is 6.33. The molecule has 5 nitrogen and oxygen atoms in total. The molecule has 0 saturated carbocycles. The summed E-state index contributed by atoms with van der Waals surface area (Å²) in [4.78, 5) is 16.1. The van der Waals surface area contributed by atoms with Crippen LogP contribution in [-0.4, -0.2) is 21.1 Å². The van der Waals surface area contributed by atoms with Gasteiger partial charge in [0.1, 0.15) is 0 Å². The summed E-state index contributed by atoms with van der Waals surface area (Å²) in [5.74, 6) is 0.0316. The maximum absolute atomic E-state index is 12.1. The number of pyridine rings is 1. The number of carbonyl (C=O) groups is 1. The third-order valence-electron chi connectivity index (χ3n) is 2.34. The number of hydrogen-bond donors (Lipinski definition) is 1. The number of aromatic nitrogens is 3. The average molecular weight is 263 g/mol.